The lowest BCUT2D eigenvalue weighted by Crippen LogP contribution is -2.10. The van der Waals surface area contributed by atoms with Crippen molar-refractivity contribution in [2.45, 2.75) is 6.92 Å². The molecule has 1 aromatic rings. The number of rotatable bonds is 2. The maximum Gasteiger partial charge on any atom is 0.139 e. The molecule has 1 rings (SSSR count). The summed E-state index contributed by atoms with van der Waals surface area (Å²) in [6.45, 7) is 2.52. The predicted octanol–water partition coefficient (Wildman–Crippen LogP) is 0.439. The van der Waals surface area contributed by atoms with E-state index in [1.165, 1.54) is 5.19 Å². The fourth-order valence-electron chi connectivity index (χ4n) is 0.920. The Morgan fingerprint density at radius 2 is 2.00 bits per heavy atom. The van der Waals surface area contributed by atoms with Gasteiger partial charge in [-0.3, -0.25) is 0 Å². The molecule has 0 saturated heterocycles. The largest absolute Gasteiger partial charge is 0.446 e. The summed E-state index contributed by atoms with van der Waals surface area (Å²) in [5.41, 5.74) is 3.10. The third-order valence-corrected chi connectivity index (χ3v) is 2.79. The molecule has 0 spiro atoms. The Balaban J connectivity index is 2.38. The van der Waals surface area contributed by atoms with Crippen molar-refractivity contribution in [3.05, 3.63) is 30.3 Å². The number of hydrogen-bond donors (Lipinski definition) is 0. The lowest BCUT2D eigenvalue weighted by molar-refractivity contribution is 0.299. The Bertz CT molecular complexity index is 376. The maximum atomic E-state index is 4.84. The van der Waals surface area contributed by atoms with Gasteiger partial charge in [0.25, 0.3) is 0 Å². The van der Waals surface area contributed by atoms with Crippen LogP contribution in [0.2, 0.25) is 0 Å². The van der Waals surface area contributed by atoms with Gasteiger partial charge in [-0.2, -0.15) is 0 Å². The van der Waals surface area contributed by atoms with Crippen molar-refractivity contribution >= 4 is 14.7 Å². The molecule has 0 saturated carbocycles. The van der Waals surface area contributed by atoms with Crippen LogP contribution in [0.15, 0.2) is 30.3 Å². The van der Waals surface area contributed by atoms with E-state index in [2.05, 4.69) is 35.6 Å². The van der Waals surface area contributed by atoms with E-state index in [4.69, 9.17) is 4.74 Å². The van der Waals surface area contributed by atoms with Crippen molar-refractivity contribution in [3.8, 4) is 23.5 Å². The van der Waals surface area contributed by atoms with Crippen molar-refractivity contribution in [2.75, 3.05) is 6.61 Å². The van der Waals surface area contributed by atoms with Gasteiger partial charge in [0.2, 0.25) is 0 Å². The summed E-state index contributed by atoms with van der Waals surface area (Å²) in [5.74, 6) is 5.45. The van der Waals surface area contributed by atoms with Gasteiger partial charge in [-0.05, 0) is 12.8 Å². The first-order valence-electron chi connectivity index (χ1n) is 4.57. The van der Waals surface area contributed by atoms with Crippen LogP contribution >= 0.6 is 0 Å². The Morgan fingerprint density at radius 1 is 1.21 bits per heavy atom. The van der Waals surface area contributed by atoms with Gasteiger partial charge in [0.05, 0.1) is 6.61 Å². The molecule has 0 aromatic heterocycles. The first-order chi connectivity index (χ1) is 6.93. The summed E-state index contributed by atoms with van der Waals surface area (Å²) in [5, 5.41) is 1.35. The smallest absolute Gasteiger partial charge is 0.139 e. The number of benzene rings is 1. The van der Waals surface area contributed by atoms with Crippen molar-refractivity contribution in [1.82, 2.24) is 0 Å². The van der Waals surface area contributed by atoms with Gasteiger partial charge in [-0.1, -0.05) is 35.5 Å². The molecule has 1 aromatic carbocycles. The summed E-state index contributed by atoms with van der Waals surface area (Å²) in [4.78, 5) is 0. The van der Waals surface area contributed by atoms with E-state index in [1.807, 2.05) is 25.1 Å². The topological polar surface area (TPSA) is 9.23 Å². The highest BCUT2D eigenvalue weighted by Crippen LogP contribution is 1.79. The lowest BCUT2D eigenvalue weighted by atomic mass is 10.4. The lowest BCUT2D eigenvalue weighted by Gasteiger charge is -1.89. The summed E-state index contributed by atoms with van der Waals surface area (Å²) < 4.78 is 4.84. The van der Waals surface area contributed by atoms with Crippen LogP contribution in [-0.2, 0) is 4.74 Å². The third-order valence-electron chi connectivity index (χ3n) is 1.55. The molecule has 0 unspecified atom stereocenters. The summed E-state index contributed by atoms with van der Waals surface area (Å²) in [6.07, 6.45) is 2.52. The molecule has 14 heavy (non-hydrogen) atoms. The van der Waals surface area contributed by atoms with E-state index in [9.17, 15) is 0 Å². The molecule has 0 aliphatic heterocycles. The van der Waals surface area contributed by atoms with Gasteiger partial charge in [0, 0.05) is 5.92 Å². The molecule has 0 heterocycles. The molecule has 0 radical (unpaired) electrons. The highest BCUT2D eigenvalue weighted by atomic mass is 28.2. The molecule has 2 heteroatoms. The van der Waals surface area contributed by atoms with E-state index in [0.29, 0.717) is 6.61 Å². The van der Waals surface area contributed by atoms with Crippen molar-refractivity contribution in [2.24, 2.45) is 0 Å². The molecule has 0 atom stereocenters. The van der Waals surface area contributed by atoms with Crippen LogP contribution in [-0.4, -0.2) is 16.1 Å². The van der Waals surface area contributed by atoms with Crippen molar-refractivity contribution in [3.63, 3.8) is 0 Å². The second-order valence-electron chi connectivity index (χ2n) is 2.62. The van der Waals surface area contributed by atoms with E-state index in [0.717, 1.165) is 0 Å². The van der Waals surface area contributed by atoms with Gasteiger partial charge in [-0.25, -0.2) is 0 Å². The standard InChI is InChI=1S/C12H12OSi/c1-2-13-10-6-7-11-14-12-8-4-3-5-9-12/h3-5,8-9H,2,14H2,1H3. The normalized spacial score (nSPS) is 8.64. The van der Waals surface area contributed by atoms with Gasteiger partial charge in [0.15, 0.2) is 0 Å². The molecule has 0 N–H and O–H groups in total. The van der Waals surface area contributed by atoms with Crippen LogP contribution in [0.3, 0.4) is 0 Å². The van der Waals surface area contributed by atoms with Gasteiger partial charge >= 0.3 is 0 Å². The van der Waals surface area contributed by atoms with Crippen LogP contribution in [0.5, 0.6) is 0 Å². The minimum absolute atomic E-state index is 0.465. The van der Waals surface area contributed by atoms with Crippen LogP contribution in [0, 0.1) is 23.5 Å². The monoisotopic (exact) mass is 200 g/mol. The Kier molecular flexibility index (Phi) is 5.09. The predicted molar refractivity (Wildman–Crippen MR) is 61.8 cm³/mol. The summed E-state index contributed by atoms with van der Waals surface area (Å²) in [7, 11) is -0.465. The molecule has 1 nitrogen and oxygen atoms in total. The second-order valence-corrected chi connectivity index (χ2v) is 4.15. The zero-order chi connectivity index (χ0) is 10.1. The SMILES string of the molecule is CCOC#CC#C[SiH2]c1ccccc1. The van der Waals surface area contributed by atoms with Gasteiger partial charge in [0.1, 0.15) is 15.6 Å². The summed E-state index contributed by atoms with van der Waals surface area (Å²) in [6, 6.07) is 10.3. The van der Waals surface area contributed by atoms with Gasteiger partial charge in [-0.15, -0.1) is 5.54 Å². The molecule has 0 aliphatic carbocycles. The van der Waals surface area contributed by atoms with Crippen molar-refractivity contribution < 1.29 is 4.74 Å². The minimum Gasteiger partial charge on any atom is -0.446 e. The quantitative estimate of drug-likeness (QED) is 0.497. The van der Waals surface area contributed by atoms with Crippen LogP contribution < -0.4 is 5.19 Å². The van der Waals surface area contributed by atoms with Crippen molar-refractivity contribution in [1.29, 1.82) is 0 Å². The molecule has 0 bridgehead atoms. The molecule has 0 aliphatic rings. The Morgan fingerprint density at radius 3 is 2.71 bits per heavy atom. The molecular formula is C12H12OSi. The highest BCUT2D eigenvalue weighted by Gasteiger charge is 1.85. The third kappa shape index (κ3) is 4.40. The van der Waals surface area contributed by atoms with Crippen LogP contribution in [0.4, 0.5) is 0 Å². The Labute approximate surface area is 87.3 Å². The van der Waals surface area contributed by atoms with Gasteiger partial charge < -0.3 is 4.74 Å². The average molecular weight is 200 g/mol. The van der Waals surface area contributed by atoms with E-state index < -0.39 is 9.52 Å². The fraction of sp³-hybridized carbons (Fsp3) is 0.167. The molecule has 70 valence electrons. The van der Waals surface area contributed by atoms with E-state index in [-0.39, 0.29) is 0 Å². The van der Waals surface area contributed by atoms with E-state index in [1.54, 1.807) is 0 Å². The zero-order valence-electron chi connectivity index (χ0n) is 8.21. The first-order valence-corrected chi connectivity index (χ1v) is 5.98. The van der Waals surface area contributed by atoms with Crippen LogP contribution in [0.1, 0.15) is 6.92 Å². The maximum absolute atomic E-state index is 4.84. The van der Waals surface area contributed by atoms with E-state index >= 15 is 0 Å². The Hall–Kier alpha value is -1.64. The molecule has 0 amide bonds. The van der Waals surface area contributed by atoms with Crippen LogP contribution in [0.25, 0.3) is 0 Å². The summed E-state index contributed by atoms with van der Waals surface area (Å²) >= 11 is 0. The highest BCUT2D eigenvalue weighted by molar-refractivity contribution is 6.61. The zero-order valence-corrected chi connectivity index (χ0v) is 9.62. The molecule has 0 fully saturated rings. The number of hydrogen-bond acceptors (Lipinski definition) is 1. The molecular weight excluding hydrogens is 188 g/mol. The average Bonchev–Trinajstić information content (AvgIpc) is 2.25. The number of ether oxygens (including phenoxy) is 1. The fourth-order valence-corrected chi connectivity index (χ4v) is 1.81. The first kappa shape index (κ1) is 10.4. The minimum atomic E-state index is -0.465. The second kappa shape index (κ2) is 6.83.